The van der Waals surface area contributed by atoms with Gasteiger partial charge in [0.05, 0.1) is 11.4 Å². The van der Waals surface area contributed by atoms with Gasteiger partial charge in [0, 0.05) is 71.2 Å². The molecule has 8 heteroatoms. The minimum atomic E-state index is 0.812. The second-order valence-corrected chi connectivity index (χ2v) is 10.5. The summed E-state index contributed by atoms with van der Waals surface area (Å²) in [7, 11) is 6.36. The van der Waals surface area contributed by atoms with Crippen LogP contribution in [-0.2, 0) is 0 Å². The van der Waals surface area contributed by atoms with Crippen molar-refractivity contribution in [1.29, 1.82) is 0 Å². The van der Waals surface area contributed by atoms with Gasteiger partial charge in [-0.1, -0.05) is 23.5 Å². The zero-order valence-corrected chi connectivity index (χ0v) is 20.6. The summed E-state index contributed by atoms with van der Waals surface area (Å²) in [4.78, 5) is 15.5. The van der Waals surface area contributed by atoms with Gasteiger partial charge in [-0.25, -0.2) is 9.50 Å². The van der Waals surface area contributed by atoms with Crippen molar-refractivity contribution in [2.75, 3.05) is 76.8 Å². The van der Waals surface area contributed by atoms with Crippen LogP contribution in [0.15, 0.2) is 24.3 Å². The summed E-state index contributed by atoms with van der Waals surface area (Å²) in [6, 6.07) is 8.67. The van der Waals surface area contributed by atoms with Gasteiger partial charge >= 0.3 is 0 Å². The molecule has 5 rings (SSSR count). The van der Waals surface area contributed by atoms with Crippen LogP contribution in [0.3, 0.4) is 0 Å². The topological polar surface area (TPSA) is 43.2 Å². The van der Waals surface area contributed by atoms with E-state index in [4.69, 9.17) is 10.1 Å². The molecular formula is C24H35N7S. The maximum Gasteiger partial charge on any atom is 0.214 e. The van der Waals surface area contributed by atoms with E-state index < -0.39 is 0 Å². The van der Waals surface area contributed by atoms with Crippen molar-refractivity contribution in [3.05, 3.63) is 30.0 Å². The van der Waals surface area contributed by atoms with Crippen LogP contribution in [0.2, 0.25) is 0 Å². The van der Waals surface area contributed by atoms with Gasteiger partial charge in [0.15, 0.2) is 0 Å². The van der Waals surface area contributed by atoms with Gasteiger partial charge in [-0.15, -0.1) is 5.10 Å². The molecule has 0 N–H and O–H groups in total. The fourth-order valence-electron chi connectivity index (χ4n) is 4.92. The Kier molecular flexibility index (Phi) is 6.09. The Hall–Kier alpha value is -2.16. The number of aromatic nitrogens is 3. The van der Waals surface area contributed by atoms with Crippen LogP contribution in [0.4, 0.5) is 10.8 Å². The number of benzene rings is 1. The highest BCUT2D eigenvalue weighted by Crippen LogP contribution is 2.33. The smallest absolute Gasteiger partial charge is 0.214 e. The maximum atomic E-state index is 5.01. The molecule has 172 valence electrons. The van der Waals surface area contributed by atoms with Gasteiger partial charge in [-0.3, -0.25) is 0 Å². The van der Waals surface area contributed by atoms with E-state index in [0.29, 0.717) is 0 Å². The Balaban J connectivity index is 1.27. The molecule has 2 aromatic heterocycles. The number of fused-ring (bicyclic) bond motifs is 1. The quantitative estimate of drug-likeness (QED) is 0.591. The van der Waals surface area contributed by atoms with Crippen molar-refractivity contribution in [3.63, 3.8) is 0 Å². The average molecular weight is 454 g/mol. The van der Waals surface area contributed by atoms with Crippen LogP contribution in [0, 0.1) is 12.8 Å². The fraction of sp³-hybridized carbons (Fsp3) is 0.583. The first-order valence-electron chi connectivity index (χ1n) is 11.8. The molecular weight excluding hydrogens is 418 g/mol. The van der Waals surface area contributed by atoms with Gasteiger partial charge < -0.3 is 19.6 Å². The number of imidazole rings is 1. The molecule has 0 spiro atoms. The first-order valence-corrected chi connectivity index (χ1v) is 12.6. The van der Waals surface area contributed by atoms with Crippen LogP contribution in [0.1, 0.15) is 18.5 Å². The number of anilines is 2. The van der Waals surface area contributed by atoms with Gasteiger partial charge in [0.2, 0.25) is 10.1 Å². The van der Waals surface area contributed by atoms with Crippen molar-refractivity contribution in [3.8, 4) is 11.3 Å². The van der Waals surface area contributed by atoms with Crippen LogP contribution in [0.5, 0.6) is 0 Å². The Morgan fingerprint density at radius 3 is 2.34 bits per heavy atom. The second kappa shape index (κ2) is 9.00. The molecule has 0 unspecified atom stereocenters. The van der Waals surface area contributed by atoms with Crippen LogP contribution in [-0.4, -0.2) is 91.4 Å². The summed E-state index contributed by atoms with van der Waals surface area (Å²) in [5.41, 5.74) is 4.52. The zero-order valence-electron chi connectivity index (χ0n) is 19.8. The van der Waals surface area contributed by atoms with Crippen molar-refractivity contribution in [2.24, 2.45) is 5.92 Å². The Morgan fingerprint density at radius 2 is 1.69 bits per heavy atom. The lowest BCUT2D eigenvalue weighted by Crippen LogP contribution is -2.47. The van der Waals surface area contributed by atoms with Gasteiger partial charge in [0.25, 0.3) is 0 Å². The van der Waals surface area contributed by atoms with E-state index in [0.717, 1.165) is 40.5 Å². The highest BCUT2D eigenvalue weighted by molar-refractivity contribution is 7.20. The molecule has 0 amide bonds. The molecule has 4 heterocycles. The van der Waals surface area contributed by atoms with Crippen LogP contribution in [0.25, 0.3) is 16.2 Å². The van der Waals surface area contributed by atoms with E-state index in [9.17, 15) is 0 Å². The third kappa shape index (κ3) is 4.36. The second-order valence-electron chi connectivity index (χ2n) is 9.60. The van der Waals surface area contributed by atoms with Gasteiger partial charge in [-0.05, 0) is 44.9 Å². The number of likely N-dealkylation sites (N-methyl/N-ethyl adjacent to an activating group) is 1. The molecule has 0 saturated carbocycles. The maximum absolute atomic E-state index is 5.01. The number of rotatable bonds is 5. The molecule has 0 radical (unpaired) electrons. The first kappa shape index (κ1) is 21.7. The predicted molar refractivity (Wildman–Crippen MR) is 134 cm³/mol. The molecule has 32 heavy (non-hydrogen) atoms. The predicted octanol–water partition coefficient (Wildman–Crippen LogP) is 3.30. The van der Waals surface area contributed by atoms with E-state index in [1.165, 1.54) is 56.8 Å². The van der Waals surface area contributed by atoms with Gasteiger partial charge in [0.1, 0.15) is 0 Å². The van der Waals surface area contributed by atoms with Crippen molar-refractivity contribution in [2.45, 2.75) is 19.8 Å². The summed E-state index contributed by atoms with van der Waals surface area (Å²) in [5, 5.41) is 6.12. The van der Waals surface area contributed by atoms with E-state index in [-0.39, 0.29) is 0 Å². The Labute approximate surface area is 195 Å². The third-order valence-electron chi connectivity index (χ3n) is 7.02. The third-order valence-corrected chi connectivity index (χ3v) is 7.99. The summed E-state index contributed by atoms with van der Waals surface area (Å²) >= 11 is 1.72. The number of piperazine rings is 1. The first-order chi connectivity index (χ1) is 15.5. The number of hydrogen-bond acceptors (Lipinski definition) is 7. The summed E-state index contributed by atoms with van der Waals surface area (Å²) in [5.74, 6) is 0.812. The molecule has 3 aromatic rings. The number of hydrogen-bond donors (Lipinski definition) is 0. The molecule has 0 aliphatic carbocycles. The standard InChI is InChI=1S/C24H35N7S/c1-18-22(20-5-7-21(8-6-20)27(2)3)31-23(25-18)32-24(26-31)30-11-9-19(10-12-30)17-29-15-13-28(4)14-16-29/h5-8,19H,9-17H2,1-4H3. The van der Waals surface area contributed by atoms with Crippen molar-refractivity contribution in [1.82, 2.24) is 24.4 Å². The molecule has 2 aliphatic heterocycles. The van der Waals surface area contributed by atoms with E-state index >= 15 is 0 Å². The van der Waals surface area contributed by atoms with Gasteiger partial charge in [-0.2, -0.15) is 0 Å². The number of aryl methyl sites for hydroxylation is 1. The Bertz CT molecular complexity index is 1040. The van der Waals surface area contributed by atoms with E-state index in [1.54, 1.807) is 11.3 Å². The number of piperidine rings is 1. The fourth-order valence-corrected chi connectivity index (χ4v) is 5.92. The average Bonchev–Trinajstić information content (AvgIpc) is 3.32. The minimum Gasteiger partial charge on any atom is -0.378 e. The molecule has 7 nitrogen and oxygen atoms in total. The minimum absolute atomic E-state index is 0.812. The summed E-state index contributed by atoms with van der Waals surface area (Å²) in [6.45, 7) is 10.4. The normalized spacial score (nSPS) is 19.2. The van der Waals surface area contributed by atoms with Crippen LogP contribution >= 0.6 is 11.3 Å². The van der Waals surface area contributed by atoms with E-state index in [2.05, 4.69) is 76.4 Å². The molecule has 0 bridgehead atoms. The summed E-state index contributed by atoms with van der Waals surface area (Å²) in [6.07, 6.45) is 2.51. The largest absolute Gasteiger partial charge is 0.378 e. The van der Waals surface area contributed by atoms with Crippen molar-refractivity contribution < 1.29 is 0 Å². The highest BCUT2D eigenvalue weighted by atomic mass is 32.1. The SMILES string of the molecule is Cc1nc2sc(N3CCC(CN4CCN(C)CC4)CC3)nn2c1-c1ccc(N(C)C)cc1. The monoisotopic (exact) mass is 453 g/mol. The highest BCUT2D eigenvalue weighted by Gasteiger charge is 2.26. The van der Waals surface area contributed by atoms with E-state index in [1.807, 2.05) is 0 Å². The zero-order chi connectivity index (χ0) is 22.2. The molecule has 2 fully saturated rings. The summed E-state index contributed by atoms with van der Waals surface area (Å²) < 4.78 is 2.05. The lowest BCUT2D eigenvalue weighted by atomic mass is 9.96. The lowest BCUT2D eigenvalue weighted by molar-refractivity contribution is 0.129. The molecule has 2 aliphatic rings. The molecule has 1 aromatic carbocycles. The van der Waals surface area contributed by atoms with Crippen molar-refractivity contribution >= 4 is 27.1 Å². The molecule has 2 saturated heterocycles. The molecule has 0 atom stereocenters. The van der Waals surface area contributed by atoms with Crippen LogP contribution < -0.4 is 9.80 Å². The lowest BCUT2D eigenvalue weighted by Gasteiger charge is -2.37. The number of nitrogens with zero attached hydrogens (tertiary/aromatic N) is 7. The Morgan fingerprint density at radius 1 is 1.00 bits per heavy atom.